The number of amides is 1. The summed E-state index contributed by atoms with van der Waals surface area (Å²) in [6, 6.07) is 16.8. The lowest BCUT2D eigenvalue weighted by atomic mass is 10.1. The Balaban J connectivity index is 1.14. The molecule has 1 saturated heterocycles. The first-order chi connectivity index (χ1) is 18.8. The van der Waals surface area contributed by atoms with Crippen molar-refractivity contribution in [2.75, 3.05) is 56.0 Å². The molecule has 0 saturated carbocycles. The largest absolute Gasteiger partial charge is 0.494 e. The Morgan fingerprint density at radius 1 is 1.03 bits per heavy atom. The molecule has 1 fully saturated rings. The van der Waals surface area contributed by atoms with Crippen LogP contribution in [0.5, 0.6) is 5.75 Å². The maximum atomic E-state index is 13.2. The van der Waals surface area contributed by atoms with Gasteiger partial charge in [0.25, 0.3) is 15.9 Å². The van der Waals surface area contributed by atoms with Crippen LogP contribution in [0.25, 0.3) is 10.2 Å². The predicted molar refractivity (Wildman–Crippen MR) is 151 cm³/mol. The number of methoxy groups -OCH3 is 1. The summed E-state index contributed by atoms with van der Waals surface area (Å²) in [6.07, 6.45) is 0. The van der Waals surface area contributed by atoms with Crippen LogP contribution in [-0.2, 0) is 10.0 Å². The van der Waals surface area contributed by atoms with Crippen molar-refractivity contribution in [3.8, 4) is 5.75 Å². The van der Waals surface area contributed by atoms with Gasteiger partial charge in [0.05, 0.1) is 28.0 Å². The average molecular weight is 570 g/mol. The molecule has 204 valence electrons. The van der Waals surface area contributed by atoms with Crippen molar-refractivity contribution in [1.82, 2.24) is 15.2 Å². The number of fused-ring (bicyclic) bond motifs is 1. The number of benzene rings is 3. The molecule has 0 bridgehead atoms. The minimum absolute atomic E-state index is 0.0942. The van der Waals surface area contributed by atoms with Crippen molar-refractivity contribution in [2.45, 2.75) is 4.90 Å². The van der Waals surface area contributed by atoms with Crippen LogP contribution in [0, 0.1) is 5.82 Å². The fourth-order valence-corrected chi connectivity index (χ4v) is 6.50. The summed E-state index contributed by atoms with van der Waals surface area (Å²) in [6.45, 7) is 4.38. The maximum Gasteiger partial charge on any atom is 0.261 e. The van der Waals surface area contributed by atoms with Gasteiger partial charge >= 0.3 is 0 Å². The number of rotatable bonds is 9. The first-order valence-electron chi connectivity index (χ1n) is 12.4. The molecule has 9 nitrogen and oxygen atoms in total. The molecule has 4 aromatic rings. The number of thiazole rings is 1. The number of hydrogen-bond acceptors (Lipinski definition) is 8. The summed E-state index contributed by atoms with van der Waals surface area (Å²) in [4.78, 5) is 22.1. The monoisotopic (exact) mass is 569 g/mol. The zero-order valence-electron chi connectivity index (χ0n) is 21.3. The number of piperazine rings is 1. The molecule has 1 aliphatic heterocycles. The van der Waals surface area contributed by atoms with E-state index in [1.165, 1.54) is 18.2 Å². The average Bonchev–Trinajstić information content (AvgIpc) is 3.38. The fourth-order valence-electron chi connectivity index (χ4n) is 4.38. The summed E-state index contributed by atoms with van der Waals surface area (Å²) in [5.41, 5.74) is 1.24. The lowest BCUT2D eigenvalue weighted by Gasteiger charge is -2.34. The predicted octanol–water partition coefficient (Wildman–Crippen LogP) is 3.80. The minimum Gasteiger partial charge on any atom is -0.494 e. The van der Waals surface area contributed by atoms with E-state index in [4.69, 9.17) is 9.72 Å². The Kier molecular flexibility index (Phi) is 7.96. The summed E-state index contributed by atoms with van der Waals surface area (Å²) >= 11 is 1.65. The Labute approximate surface area is 230 Å². The van der Waals surface area contributed by atoms with E-state index in [1.54, 1.807) is 36.6 Å². The van der Waals surface area contributed by atoms with Gasteiger partial charge in [-0.2, -0.15) is 0 Å². The van der Waals surface area contributed by atoms with Crippen LogP contribution < -0.4 is 19.7 Å². The molecule has 1 aromatic heterocycles. The van der Waals surface area contributed by atoms with Crippen molar-refractivity contribution in [2.24, 2.45) is 0 Å². The molecule has 0 aliphatic carbocycles. The topological polar surface area (TPSA) is 104 Å². The lowest BCUT2D eigenvalue weighted by Crippen LogP contribution is -2.48. The third-order valence-corrected chi connectivity index (χ3v) is 8.95. The number of anilines is 2. The van der Waals surface area contributed by atoms with Crippen LogP contribution in [0.4, 0.5) is 15.2 Å². The Bertz CT molecular complexity index is 1570. The normalized spacial score (nSPS) is 14.4. The second-order valence-corrected chi connectivity index (χ2v) is 11.7. The van der Waals surface area contributed by atoms with E-state index in [2.05, 4.69) is 19.8 Å². The van der Waals surface area contributed by atoms with Crippen molar-refractivity contribution < 1.29 is 22.3 Å². The molecular formula is C27H28FN5O4S2. The Morgan fingerprint density at radius 2 is 1.77 bits per heavy atom. The first kappa shape index (κ1) is 26.9. The van der Waals surface area contributed by atoms with Crippen molar-refractivity contribution >= 4 is 48.3 Å². The zero-order valence-corrected chi connectivity index (χ0v) is 22.9. The molecule has 2 heterocycles. The molecule has 12 heteroatoms. The molecule has 0 spiro atoms. The van der Waals surface area contributed by atoms with Crippen LogP contribution in [0.2, 0.25) is 0 Å². The quantitative estimate of drug-likeness (QED) is 0.316. The standard InChI is InChI=1S/C27H28FN5O4S2/c1-37-23-7-4-8-24-25(23)30-27(38-24)33-17-15-32(16-18-33)14-13-29-26(34)21-5-2-3-6-22(21)31-39(35,36)20-11-9-19(28)10-12-20/h2-12,31H,13-18H2,1H3,(H,29,34). The lowest BCUT2D eigenvalue weighted by molar-refractivity contribution is 0.0948. The van der Waals surface area contributed by atoms with Gasteiger partial charge in [0.2, 0.25) is 0 Å². The van der Waals surface area contributed by atoms with Crippen LogP contribution in [0.3, 0.4) is 0 Å². The van der Waals surface area contributed by atoms with E-state index in [-0.39, 0.29) is 22.1 Å². The first-order valence-corrected chi connectivity index (χ1v) is 14.7. The molecule has 3 aromatic carbocycles. The fraction of sp³-hybridized carbons (Fsp3) is 0.259. The van der Waals surface area contributed by atoms with Gasteiger partial charge in [-0.25, -0.2) is 17.8 Å². The Hall–Kier alpha value is -3.74. The number of nitrogens with one attached hydrogen (secondary N) is 2. The van der Waals surface area contributed by atoms with Gasteiger partial charge in [-0.3, -0.25) is 14.4 Å². The zero-order chi connectivity index (χ0) is 27.4. The van der Waals surface area contributed by atoms with Gasteiger partial charge in [0.15, 0.2) is 5.13 Å². The van der Waals surface area contributed by atoms with Crippen molar-refractivity contribution in [1.29, 1.82) is 0 Å². The van der Waals surface area contributed by atoms with E-state index < -0.39 is 15.8 Å². The highest BCUT2D eigenvalue weighted by atomic mass is 32.2. The number of nitrogens with zero attached hydrogens (tertiary/aromatic N) is 3. The maximum absolute atomic E-state index is 13.2. The van der Waals surface area contributed by atoms with E-state index in [9.17, 15) is 17.6 Å². The second-order valence-electron chi connectivity index (χ2n) is 8.99. The van der Waals surface area contributed by atoms with Gasteiger partial charge in [0.1, 0.15) is 17.1 Å². The van der Waals surface area contributed by atoms with Crippen molar-refractivity contribution in [3.05, 3.63) is 78.1 Å². The van der Waals surface area contributed by atoms with Crippen molar-refractivity contribution in [3.63, 3.8) is 0 Å². The Morgan fingerprint density at radius 3 is 2.51 bits per heavy atom. The van der Waals surface area contributed by atoms with Gasteiger partial charge in [-0.1, -0.05) is 29.5 Å². The number of ether oxygens (including phenoxy) is 1. The minimum atomic E-state index is -3.99. The molecule has 0 radical (unpaired) electrons. The summed E-state index contributed by atoms with van der Waals surface area (Å²) in [5, 5.41) is 3.86. The number of hydrogen-bond donors (Lipinski definition) is 2. The number of halogens is 1. The van der Waals surface area contributed by atoms with Gasteiger partial charge < -0.3 is 15.0 Å². The number of carbonyl (C=O) groups is 1. The van der Waals surface area contributed by atoms with E-state index >= 15 is 0 Å². The highest BCUT2D eigenvalue weighted by molar-refractivity contribution is 7.92. The van der Waals surface area contributed by atoms with Crippen LogP contribution in [-0.4, -0.2) is 70.6 Å². The third-order valence-electron chi connectivity index (χ3n) is 6.49. The molecule has 2 N–H and O–H groups in total. The van der Waals surface area contributed by atoms with E-state index in [1.807, 2.05) is 18.2 Å². The van der Waals surface area contributed by atoms with Gasteiger partial charge in [0, 0.05) is 39.3 Å². The highest BCUT2D eigenvalue weighted by Crippen LogP contribution is 2.34. The summed E-state index contributed by atoms with van der Waals surface area (Å²) in [5.74, 6) is -0.142. The van der Waals surface area contributed by atoms with Gasteiger partial charge in [-0.15, -0.1) is 0 Å². The second kappa shape index (κ2) is 11.6. The SMILES string of the molecule is COc1cccc2sc(N3CCN(CCNC(=O)c4ccccc4NS(=O)(=O)c4ccc(F)cc4)CC3)nc12. The van der Waals surface area contributed by atoms with Crippen LogP contribution in [0.1, 0.15) is 10.4 Å². The highest BCUT2D eigenvalue weighted by Gasteiger charge is 2.22. The summed E-state index contributed by atoms with van der Waals surface area (Å²) < 4.78 is 47.6. The molecule has 0 unspecified atom stereocenters. The summed E-state index contributed by atoms with van der Waals surface area (Å²) in [7, 11) is -2.34. The van der Waals surface area contributed by atoms with E-state index in [0.29, 0.717) is 13.1 Å². The number of carbonyl (C=O) groups excluding carboxylic acids is 1. The number of aromatic nitrogens is 1. The van der Waals surface area contributed by atoms with E-state index in [0.717, 1.165) is 59.4 Å². The number of sulfonamides is 1. The molecular weight excluding hydrogens is 541 g/mol. The van der Waals surface area contributed by atoms with Gasteiger partial charge in [-0.05, 0) is 48.5 Å². The molecule has 39 heavy (non-hydrogen) atoms. The number of para-hydroxylation sites is 2. The molecule has 1 aliphatic rings. The smallest absolute Gasteiger partial charge is 0.261 e. The molecule has 1 amide bonds. The molecule has 5 rings (SSSR count). The van der Waals surface area contributed by atoms with Crippen LogP contribution in [0.15, 0.2) is 71.6 Å². The molecule has 0 atom stereocenters. The third kappa shape index (κ3) is 6.13. The van der Waals surface area contributed by atoms with Crippen LogP contribution >= 0.6 is 11.3 Å².